The quantitative estimate of drug-likeness (QED) is 0.774. The van der Waals surface area contributed by atoms with Crippen molar-refractivity contribution in [3.8, 4) is 11.5 Å². The second-order valence-electron chi connectivity index (χ2n) is 3.60. The molecule has 13 heavy (non-hydrogen) atoms. The van der Waals surface area contributed by atoms with Crippen LogP contribution in [0.4, 0.5) is 0 Å². The fourth-order valence-corrected chi connectivity index (χ4v) is 1.33. The molecule has 2 nitrogen and oxygen atoms in total. The van der Waals surface area contributed by atoms with Crippen LogP contribution in [0.15, 0.2) is 18.2 Å². The number of methoxy groups -OCH3 is 1. The molecule has 0 fully saturated rings. The highest BCUT2D eigenvalue weighted by atomic mass is 16.5. The normalized spacial score (nSPS) is 10.5. The number of phenolic OH excluding ortho intramolecular Hbond substituents is 1. The molecule has 2 heteroatoms. The van der Waals surface area contributed by atoms with E-state index in [1.165, 1.54) is 0 Å². The highest BCUT2D eigenvalue weighted by Gasteiger charge is 2.03. The van der Waals surface area contributed by atoms with Crippen LogP contribution in [0.3, 0.4) is 0 Å². The Kier molecular flexibility index (Phi) is 3.18. The highest BCUT2D eigenvalue weighted by molar-refractivity contribution is 5.41. The van der Waals surface area contributed by atoms with Crippen molar-refractivity contribution in [2.45, 2.75) is 20.3 Å². The van der Waals surface area contributed by atoms with Crippen LogP contribution in [-0.4, -0.2) is 12.2 Å². The number of hydrogen-bond donors (Lipinski definition) is 1. The molecule has 0 spiro atoms. The van der Waals surface area contributed by atoms with Crippen LogP contribution in [0.5, 0.6) is 11.5 Å². The molecule has 72 valence electrons. The Morgan fingerprint density at radius 3 is 2.54 bits per heavy atom. The van der Waals surface area contributed by atoms with Gasteiger partial charge in [-0.1, -0.05) is 19.9 Å². The first-order valence-corrected chi connectivity index (χ1v) is 4.49. The predicted molar refractivity (Wildman–Crippen MR) is 53.2 cm³/mol. The second kappa shape index (κ2) is 4.17. The van der Waals surface area contributed by atoms with Crippen LogP contribution >= 0.6 is 0 Å². The average molecular weight is 180 g/mol. The Hall–Kier alpha value is -1.18. The molecular formula is C11H16O2. The SMILES string of the molecule is COc1ccc(CC(C)C)cc1O. The van der Waals surface area contributed by atoms with E-state index in [2.05, 4.69) is 13.8 Å². The van der Waals surface area contributed by atoms with E-state index in [0.717, 1.165) is 12.0 Å². The first-order chi connectivity index (χ1) is 6.13. The van der Waals surface area contributed by atoms with Gasteiger partial charge in [-0.25, -0.2) is 0 Å². The van der Waals surface area contributed by atoms with E-state index >= 15 is 0 Å². The van der Waals surface area contributed by atoms with E-state index in [1.807, 2.05) is 6.07 Å². The van der Waals surface area contributed by atoms with Crippen LogP contribution in [0.2, 0.25) is 0 Å². The standard InChI is InChI=1S/C11H16O2/c1-8(2)6-9-4-5-11(13-3)10(12)7-9/h4-5,7-8,12H,6H2,1-3H3. The Balaban J connectivity index is 2.83. The minimum atomic E-state index is 0.223. The van der Waals surface area contributed by atoms with Crippen LogP contribution in [-0.2, 0) is 6.42 Å². The summed E-state index contributed by atoms with van der Waals surface area (Å²) in [4.78, 5) is 0. The molecule has 1 N–H and O–H groups in total. The Morgan fingerprint density at radius 1 is 1.38 bits per heavy atom. The molecule has 0 amide bonds. The van der Waals surface area contributed by atoms with Crippen LogP contribution in [0.1, 0.15) is 19.4 Å². The van der Waals surface area contributed by atoms with Crippen molar-refractivity contribution in [3.63, 3.8) is 0 Å². The lowest BCUT2D eigenvalue weighted by molar-refractivity contribution is 0.373. The molecule has 0 atom stereocenters. The third kappa shape index (κ3) is 2.65. The van der Waals surface area contributed by atoms with Gasteiger partial charge in [0.1, 0.15) is 0 Å². The van der Waals surface area contributed by atoms with Crippen molar-refractivity contribution < 1.29 is 9.84 Å². The first kappa shape index (κ1) is 9.90. The van der Waals surface area contributed by atoms with Gasteiger partial charge in [0.15, 0.2) is 11.5 Å². The molecule has 0 unspecified atom stereocenters. The molecule has 0 aliphatic rings. The Bertz CT molecular complexity index is 279. The maximum Gasteiger partial charge on any atom is 0.160 e. The summed E-state index contributed by atoms with van der Waals surface area (Å²) in [5, 5.41) is 9.48. The summed E-state index contributed by atoms with van der Waals surface area (Å²) in [6.45, 7) is 4.31. The van der Waals surface area contributed by atoms with Crippen molar-refractivity contribution in [2.24, 2.45) is 5.92 Å². The summed E-state index contributed by atoms with van der Waals surface area (Å²) < 4.78 is 4.95. The molecule has 0 aliphatic heterocycles. The van der Waals surface area contributed by atoms with Gasteiger partial charge in [-0.2, -0.15) is 0 Å². The minimum Gasteiger partial charge on any atom is -0.504 e. The molecular weight excluding hydrogens is 164 g/mol. The van der Waals surface area contributed by atoms with Crippen LogP contribution in [0.25, 0.3) is 0 Å². The van der Waals surface area contributed by atoms with Crippen molar-refractivity contribution >= 4 is 0 Å². The zero-order valence-corrected chi connectivity index (χ0v) is 8.37. The smallest absolute Gasteiger partial charge is 0.160 e. The van der Waals surface area contributed by atoms with Crippen LogP contribution < -0.4 is 4.74 Å². The van der Waals surface area contributed by atoms with E-state index in [9.17, 15) is 5.11 Å². The summed E-state index contributed by atoms with van der Waals surface area (Å²) in [6, 6.07) is 5.55. The number of benzene rings is 1. The lowest BCUT2D eigenvalue weighted by Crippen LogP contribution is -1.94. The van der Waals surface area contributed by atoms with E-state index in [-0.39, 0.29) is 5.75 Å². The molecule has 0 aromatic heterocycles. The number of rotatable bonds is 3. The summed E-state index contributed by atoms with van der Waals surface area (Å²) in [5.41, 5.74) is 1.15. The first-order valence-electron chi connectivity index (χ1n) is 4.49. The fraction of sp³-hybridized carbons (Fsp3) is 0.455. The fourth-order valence-electron chi connectivity index (χ4n) is 1.33. The largest absolute Gasteiger partial charge is 0.504 e. The molecule has 1 rings (SSSR count). The van der Waals surface area contributed by atoms with Crippen molar-refractivity contribution in [1.82, 2.24) is 0 Å². The van der Waals surface area contributed by atoms with E-state index in [4.69, 9.17) is 4.74 Å². The van der Waals surface area contributed by atoms with Crippen LogP contribution in [0, 0.1) is 5.92 Å². The zero-order valence-electron chi connectivity index (χ0n) is 8.37. The number of ether oxygens (including phenoxy) is 1. The van der Waals surface area contributed by atoms with Gasteiger partial charge in [0.05, 0.1) is 7.11 Å². The maximum absolute atomic E-state index is 9.48. The van der Waals surface area contributed by atoms with Gasteiger partial charge in [0, 0.05) is 0 Å². The van der Waals surface area contributed by atoms with Gasteiger partial charge in [-0.3, -0.25) is 0 Å². The highest BCUT2D eigenvalue weighted by Crippen LogP contribution is 2.27. The Morgan fingerprint density at radius 2 is 2.08 bits per heavy atom. The van der Waals surface area contributed by atoms with Gasteiger partial charge < -0.3 is 9.84 Å². The third-order valence-corrected chi connectivity index (χ3v) is 1.89. The summed E-state index contributed by atoms with van der Waals surface area (Å²) in [7, 11) is 1.55. The molecule has 0 saturated carbocycles. The van der Waals surface area contributed by atoms with Gasteiger partial charge in [0.2, 0.25) is 0 Å². The summed E-state index contributed by atoms with van der Waals surface area (Å²) in [5.74, 6) is 1.36. The predicted octanol–water partition coefficient (Wildman–Crippen LogP) is 2.60. The average Bonchev–Trinajstić information content (AvgIpc) is 2.03. The van der Waals surface area contributed by atoms with Gasteiger partial charge in [0.25, 0.3) is 0 Å². The minimum absolute atomic E-state index is 0.223. The molecule has 0 heterocycles. The molecule has 0 radical (unpaired) electrons. The molecule has 1 aromatic carbocycles. The second-order valence-corrected chi connectivity index (χ2v) is 3.60. The van der Waals surface area contributed by atoms with Gasteiger partial charge in [-0.05, 0) is 30.0 Å². The van der Waals surface area contributed by atoms with E-state index < -0.39 is 0 Å². The molecule has 0 saturated heterocycles. The van der Waals surface area contributed by atoms with Crippen molar-refractivity contribution in [2.75, 3.05) is 7.11 Å². The van der Waals surface area contributed by atoms with E-state index in [0.29, 0.717) is 11.7 Å². The van der Waals surface area contributed by atoms with Crippen molar-refractivity contribution in [1.29, 1.82) is 0 Å². The number of phenols is 1. The lowest BCUT2D eigenvalue weighted by Gasteiger charge is -2.07. The molecule has 0 bridgehead atoms. The zero-order chi connectivity index (χ0) is 9.84. The Labute approximate surface area is 79.2 Å². The molecule has 1 aromatic rings. The third-order valence-electron chi connectivity index (χ3n) is 1.89. The number of hydrogen-bond acceptors (Lipinski definition) is 2. The maximum atomic E-state index is 9.48. The number of aromatic hydroxyl groups is 1. The topological polar surface area (TPSA) is 29.5 Å². The monoisotopic (exact) mass is 180 g/mol. The van der Waals surface area contributed by atoms with Gasteiger partial charge in [-0.15, -0.1) is 0 Å². The summed E-state index contributed by atoms with van der Waals surface area (Å²) >= 11 is 0. The van der Waals surface area contributed by atoms with Crippen molar-refractivity contribution in [3.05, 3.63) is 23.8 Å². The van der Waals surface area contributed by atoms with Gasteiger partial charge >= 0.3 is 0 Å². The summed E-state index contributed by atoms with van der Waals surface area (Å²) in [6.07, 6.45) is 0.984. The lowest BCUT2D eigenvalue weighted by atomic mass is 10.0. The molecule has 0 aliphatic carbocycles. The van der Waals surface area contributed by atoms with E-state index in [1.54, 1.807) is 19.2 Å².